The van der Waals surface area contributed by atoms with E-state index in [0.29, 0.717) is 31.8 Å². The van der Waals surface area contributed by atoms with Crippen LogP contribution in [0, 0.1) is 31.6 Å². The van der Waals surface area contributed by atoms with Crippen LogP contribution in [0.15, 0.2) is 0 Å². The van der Waals surface area contributed by atoms with E-state index in [1.165, 1.54) is 0 Å². The number of aryl methyl sites for hydroxylation is 2. The molecule has 1 saturated carbocycles. The zero-order chi connectivity index (χ0) is 15.9. The number of hydrogen-bond donors (Lipinski definition) is 2. The molecule has 0 spiro atoms. The normalized spacial score (nSPS) is 24.7. The largest absolute Gasteiger partial charge is 0.481 e. The van der Waals surface area contributed by atoms with Crippen LogP contribution < -0.4 is 0 Å². The number of amides is 1. The lowest BCUT2D eigenvalue weighted by Crippen LogP contribution is -2.30. The Morgan fingerprint density at radius 3 is 2.59 bits per heavy atom. The number of nitrogens with one attached hydrogen (secondary N) is 1. The number of aromatic nitrogens is 2. The lowest BCUT2D eigenvalue weighted by atomic mass is 9.92. The summed E-state index contributed by atoms with van der Waals surface area (Å²) in [5.74, 6) is -0.433. The van der Waals surface area contributed by atoms with E-state index in [1.807, 2.05) is 13.8 Å². The molecule has 0 aromatic carbocycles. The van der Waals surface area contributed by atoms with E-state index in [9.17, 15) is 14.7 Å². The van der Waals surface area contributed by atoms with E-state index in [0.717, 1.165) is 29.8 Å². The van der Waals surface area contributed by atoms with Crippen LogP contribution in [0.1, 0.15) is 36.2 Å². The Kier molecular flexibility index (Phi) is 3.93. The van der Waals surface area contributed by atoms with Crippen molar-refractivity contribution in [3.63, 3.8) is 0 Å². The van der Waals surface area contributed by atoms with Gasteiger partial charge in [0, 0.05) is 31.6 Å². The van der Waals surface area contributed by atoms with E-state index in [4.69, 9.17) is 0 Å². The van der Waals surface area contributed by atoms with Gasteiger partial charge in [0.25, 0.3) is 0 Å². The summed E-state index contributed by atoms with van der Waals surface area (Å²) in [7, 11) is 0. The third-order valence-electron chi connectivity index (χ3n) is 5.19. The minimum absolute atomic E-state index is 0.0504. The summed E-state index contributed by atoms with van der Waals surface area (Å²) < 4.78 is 0. The molecule has 3 rings (SSSR count). The van der Waals surface area contributed by atoms with Gasteiger partial charge in [-0.05, 0) is 44.1 Å². The number of aliphatic carboxylic acids is 1. The van der Waals surface area contributed by atoms with Crippen LogP contribution in [0.4, 0.5) is 0 Å². The minimum atomic E-state index is -0.758. The summed E-state index contributed by atoms with van der Waals surface area (Å²) in [6, 6.07) is 0. The third-order valence-corrected chi connectivity index (χ3v) is 5.19. The molecule has 2 N–H and O–H groups in total. The van der Waals surface area contributed by atoms with E-state index in [-0.39, 0.29) is 17.7 Å². The number of rotatable bonds is 5. The Hall–Kier alpha value is -1.85. The van der Waals surface area contributed by atoms with Crippen LogP contribution in [0.5, 0.6) is 0 Å². The molecule has 1 aliphatic heterocycles. The average Bonchev–Trinajstić information content (AvgIpc) is 3.15. The van der Waals surface area contributed by atoms with Gasteiger partial charge in [0.15, 0.2) is 0 Å². The SMILES string of the molecule is Cc1[nH]nc(CCC(=O)N2C[C@H](C(=O)O)[C@@H](C3CC3)C2)c1C. The van der Waals surface area contributed by atoms with Crippen molar-refractivity contribution in [3.8, 4) is 0 Å². The molecule has 6 nitrogen and oxygen atoms in total. The van der Waals surface area contributed by atoms with E-state index in [1.54, 1.807) is 4.90 Å². The molecule has 0 bridgehead atoms. The fraction of sp³-hybridized carbons (Fsp3) is 0.688. The number of H-pyrrole nitrogens is 1. The summed E-state index contributed by atoms with van der Waals surface area (Å²) in [6.07, 6.45) is 3.23. The molecule has 2 atom stereocenters. The molecule has 2 heterocycles. The molecule has 1 saturated heterocycles. The van der Waals surface area contributed by atoms with Crippen molar-refractivity contribution in [1.82, 2.24) is 15.1 Å². The minimum Gasteiger partial charge on any atom is -0.481 e. The summed E-state index contributed by atoms with van der Waals surface area (Å²) in [4.78, 5) is 25.5. The van der Waals surface area contributed by atoms with E-state index >= 15 is 0 Å². The number of carboxylic acid groups (broad SMARTS) is 1. The maximum absolute atomic E-state index is 12.4. The van der Waals surface area contributed by atoms with Gasteiger partial charge in [-0.25, -0.2) is 0 Å². The number of carbonyl (C=O) groups is 2. The molecule has 0 radical (unpaired) electrons. The molecule has 1 aliphatic carbocycles. The Labute approximate surface area is 129 Å². The molecule has 1 amide bonds. The van der Waals surface area contributed by atoms with Gasteiger partial charge in [-0.1, -0.05) is 0 Å². The molecule has 2 aliphatic rings. The second-order valence-corrected chi connectivity index (χ2v) is 6.67. The van der Waals surface area contributed by atoms with E-state index < -0.39 is 5.97 Å². The smallest absolute Gasteiger partial charge is 0.308 e. The molecule has 2 fully saturated rings. The predicted octanol–water partition coefficient (Wildman–Crippen LogP) is 1.53. The Balaban J connectivity index is 1.58. The Bertz CT molecular complexity index is 591. The molecular formula is C16H23N3O3. The van der Waals surface area contributed by atoms with Gasteiger partial charge in [0.2, 0.25) is 5.91 Å². The highest BCUT2D eigenvalue weighted by molar-refractivity contribution is 5.79. The molecule has 6 heteroatoms. The fourth-order valence-electron chi connectivity index (χ4n) is 3.46. The lowest BCUT2D eigenvalue weighted by Gasteiger charge is -2.16. The number of nitrogens with zero attached hydrogens (tertiary/aromatic N) is 2. The molecule has 1 aromatic rings. The van der Waals surface area contributed by atoms with Crippen molar-refractivity contribution in [2.45, 2.75) is 39.5 Å². The van der Waals surface area contributed by atoms with Gasteiger partial charge in [0.1, 0.15) is 0 Å². The first-order chi connectivity index (χ1) is 10.5. The third kappa shape index (κ3) is 2.87. The first-order valence-corrected chi connectivity index (χ1v) is 7.98. The number of hydrogen-bond acceptors (Lipinski definition) is 3. The molecule has 1 aromatic heterocycles. The summed E-state index contributed by atoms with van der Waals surface area (Å²) in [6.45, 7) is 4.94. The van der Waals surface area contributed by atoms with Crippen LogP contribution in [-0.4, -0.2) is 45.2 Å². The molecular weight excluding hydrogens is 282 g/mol. The summed E-state index contributed by atoms with van der Waals surface area (Å²) >= 11 is 0. The maximum Gasteiger partial charge on any atom is 0.308 e. The van der Waals surface area contributed by atoms with Gasteiger partial charge in [-0.2, -0.15) is 5.10 Å². The summed E-state index contributed by atoms with van der Waals surface area (Å²) in [5, 5.41) is 16.5. The van der Waals surface area contributed by atoms with Crippen molar-refractivity contribution in [3.05, 3.63) is 17.0 Å². The van der Waals surface area contributed by atoms with Gasteiger partial charge >= 0.3 is 5.97 Å². The number of carbonyl (C=O) groups excluding carboxylic acids is 1. The lowest BCUT2D eigenvalue weighted by molar-refractivity contribution is -0.142. The first-order valence-electron chi connectivity index (χ1n) is 7.98. The van der Waals surface area contributed by atoms with Gasteiger partial charge in [0.05, 0.1) is 11.6 Å². The van der Waals surface area contributed by atoms with Crippen LogP contribution in [0.25, 0.3) is 0 Å². The quantitative estimate of drug-likeness (QED) is 0.863. The van der Waals surface area contributed by atoms with Crippen LogP contribution in [0.3, 0.4) is 0 Å². The van der Waals surface area contributed by atoms with Gasteiger partial charge < -0.3 is 10.0 Å². The monoisotopic (exact) mass is 305 g/mol. The van der Waals surface area contributed by atoms with Crippen molar-refractivity contribution in [1.29, 1.82) is 0 Å². The highest BCUT2D eigenvalue weighted by Gasteiger charge is 2.46. The highest BCUT2D eigenvalue weighted by Crippen LogP contribution is 2.44. The van der Waals surface area contributed by atoms with Crippen molar-refractivity contribution in [2.24, 2.45) is 17.8 Å². The zero-order valence-corrected chi connectivity index (χ0v) is 13.1. The van der Waals surface area contributed by atoms with Crippen molar-refractivity contribution >= 4 is 11.9 Å². The zero-order valence-electron chi connectivity index (χ0n) is 13.1. The fourth-order valence-corrected chi connectivity index (χ4v) is 3.46. The van der Waals surface area contributed by atoms with Crippen molar-refractivity contribution in [2.75, 3.05) is 13.1 Å². The molecule has 120 valence electrons. The second-order valence-electron chi connectivity index (χ2n) is 6.67. The highest BCUT2D eigenvalue weighted by atomic mass is 16.4. The van der Waals surface area contributed by atoms with Crippen LogP contribution in [-0.2, 0) is 16.0 Å². The first kappa shape index (κ1) is 15.1. The Morgan fingerprint density at radius 2 is 2.05 bits per heavy atom. The predicted molar refractivity (Wildman–Crippen MR) is 80.3 cm³/mol. The number of carboxylic acids is 1. The second kappa shape index (κ2) is 5.74. The topological polar surface area (TPSA) is 86.3 Å². The van der Waals surface area contributed by atoms with Crippen LogP contribution in [0.2, 0.25) is 0 Å². The Morgan fingerprint density at radius 1 is 1.32 bits per heavy atom. The van der Waals surface area contributed by atoms with Gasteiger partial charge in [-0.15, -0.1) is 0 Å². The van der Waals surface area contributed by atoms with E-state index in [2.05, 4.69) is 10.2 Å². The number of likely N-dealkylation sites (tertiary alicyclic amines) is 1. The standard InChI is InChI=1S/C16H23N3O3/c1-9-10(2)17-18-14(9)5-6-15(20)19-7-12(11-3-4-11)13(8-19)16(21)22/h11-13H,3-8H2,1-2H3,(H,17,18)(H,21,22)/t12-,13+/m1/s1. The van der Waals surface area contributed by atoms with Crippen molar-refractivity contribution < 1.29 is 14.7 Å². The van der Waals surface area contributed by atoms with Gasteiger partial charge in [-0.3, -0.25) is 14.7 Å². The van der Waals surface area contributed by atoms with Crippen LogP contribution >= 0.6 is 0 Å². The molecule has 0 unspecified atom stereocenters. The average molecular weight is 305 g/mol. The maximum atomic E-state index is 12.4. The molecule has 22 heavy (non-hydrogen) atoms. The summed E-state index contributed by atoms with van der Waals surface area (Å²) in [5.41, 5.74) is 3.07. The number of aromatic amines is 1.